The van der Waals surface area contributed by atoms with Crippen LogP contribution >= 0.6 is 0 Å². The van der Waals surface area contributed by atoms with Crippen LogP contribution in [0.15, 0.2) is 30.3 Å². The Morgan fingerprint density at radius 3 is 2.37 bits per heavy atom. The molecule has 1 amide bonds. The average Bonchev–Trinajstić information content (AvgIpc) is 2.85. The van der Waals surface area contributed by atoms with Crippen molar-refractivity contribution >= 4 is 17.6 Å². The van der Waals surface area contributed by atoms with Crippen LogP contribution in [-0.4, -0.2) is 34.1 Å². The van der Waals surface area contributed by atoms with Gasteiger partial charge in [-0.3, -0.25) is 14.3 Å². The van der Waals surface area contributed by atoms with Crippen molar-refractivity contribution in [3.05, 3.63) is 41.7 Å². The fraction of sp³-hybridized carbons (Fsp3) is 0.353. The van der Waals surface area contributed by atoms with E-state index in [-0.39, 0.29) is 12.2 Å². The maximum Gasteiger partial charge on any atom is 0.573 e. The highest BCUT2D eigenvalue weighted by molar-refractivity contribution is 5.95. The van der Waals surface area contributed by atoms with E-state index >= 15 is 0 Å². The summed E-state index contributed by atoms with van der Waals surface area (Å²) >= 11 is 0. The molecule has 10 heteroatoms. The van der Waals surface area contributed by atoms with Crippen LogP contribution in [0.3, 0.4) is 0 Å². The van der Waals surface area contributed by atoms with Gasteiger partial charge in [0.05, 0.1) is 5.69 Å². The molecular weight excluding hydrogens is 367 g/mol. The van der Waals surface area contributed by atoms with Crippen LogP contribution in [-0.2, 0) is 20.9 Å². The summed E-state index contributed by atoms with van der Waals surface area (Å²) in [6, 6.07) is 6.40. The van der Waals surface area contributed by atoms with Crippen molar-refractivity contribution in [3.8, 4) is 5.75 Å². The second kappa shape index (κ2) is 8.11. The van der Waals surface area contributed by atoms with Gasteiger partial charge in [0.1, 0.15) is 12.3 Å². The molecule has 0 saturated carbocycles. The van der Waals surface area contributed by atoms with Gasteiger partial charge in [0.25, 0.3) is 5.91 Å². The molecule has 0 radical (unpaired) electrons. The Morgan fingerprint density at radius 2 is 1.85 bits per heavy atom. The Kier molecular flexibility index (Phi) is 6.09. The van der Waals surface area contributed by atoms with E-state index < -0.39 is 30.1 Å². The minimum absolute atomic E-state index is 0.138. The molecule has 27 heavy (non-hydrogen) atoms. The molecule has 0 fully saturated rings. The number of ether oxygens (including phenoxy) is 2. The highest BCUT2D eigenvalue weighted by atomic mass is 19.4. The van der Waals surface area contributed by atoms with E-state index in [1.165, 1.54) is 23.7 Å². The fourth-order valence-corrected chi connectivity index (χ4v) is 2.23. The van der Waals surface area contributed by atoms with Crippen LogP contribution in [0, 0.1) is 13.8 Å². The first-order valence-electron chi connectivity index (χ1n) is 7.91. The first kappa shape index (κ1) is 20.3. The Bertz CT molecular complexity index is 816. The topological polar surface area (TPSA) is 82.5 Å². The van der Waals surface area contributed by atoms with Crippen LogP contribution in [0.1, 0.15) is 18.3 Å². The van der Waals surface area contributed by atoms with E-state index in [1.54, 1.807) is 19.9 Å². The molecule has 7 nitrogen and oxygen atoms in total. The number of anilines is 1. The number of hydrogen-bond donors (Lipinski definition) is 1. The van der Waals surface area contributed by atoms with Crippen molar-refractivity contribution in [1.82, 2.24) is 9.78 Å². The van der Waals surface area contributed by atoms with Gasteiger partial charge in [0.2, 0.25) is 0 Å². The number of benzene rings is 1. The number of carbonyl (C=O) groups excluding carboxylic acids is 2. The van der Waals surface area contributed by atoms with Crippen LogP contribution in [0.2, 0.25) is 0 Å². The zero-order chi connectivity index (χ0) is 20.2. The quantitative estimate of drug-likeness (QED) is 0.773. The van der Waals surface area contributed by atoms with E-state index in [1.807, 2.05) is 0 Å². The van der Waals surface area contributed by atoms with E-state index in [0.717, 1.165) is 23.5 Å². The molecule has 1 N–H and O–H groups in total. The summed E-state index contributed by atoms with van der Waals surface area (Å²) in [4.78, 5) is 24.0. The molecule has 1 aromatic heterocycles. The van der Waals surface area contributed by atoms with Crippen molar-refractivity contribution in [1.29, 1.82) is 0 Å². The summed E-state index contributed by atoms with van der Waals surface area (Å²) in [5, 5.41) is 6.57. The first-order valence-corrected chi connectivity index (χ1v) is 7.91. The molecule has 0 bridgehead atoms. The van der Waals surface area contributed by atoms with Gasteiger partial charge >= 0.3 is 12.3 Å². The Labute approximate surface area is 153 Å². The maximum absolute atomic E-state index is 12.1. The second-order valence-corrected chi connectivity index (χ2v) is 5.78. The normalized spacial score (nSPS) is 12.4. The zero-order valence-electron chi connectivity index (χ0n) is 14.8. The van der Waals surface area contributed by atoms with Crippen LogP contribution in [0.4, 0.5) is 18.9 Å². The molecule has 1 atom stereocenters. The van der Waals surface area contributed by atoms with Crippen molar-refractivity contribution in [3.63, 3.8) is 0 Å². The highest BCUT2D eigenvalue weighted by Crippen LogP contribution is 2.24. The van der Waals surface area contributed by atoms with E-state index in [9.17, 15) is 22.8 Å². The molecule has 146 valence electrons. The third kappa shape index (κ3) is 6.32. The zero-order valence-corrected chi connectivity index (χ0v) is 14.8. The molecule has 2 rings (SSSR count). The Hall–Kier alpha value is -3.04. The number of amides is 1. The number of carbonyl (C=O) groups is 2. The molecule has 0 aliphatic carbocycles. The predicted octanol–water partition coefficient (Wildman–Crippen LogP) is 2.97. The summed E-state index contributed by atoms with van der Waals surface area (Å²) in [5.74, 6) is -1.68. The number of nitrogens with zero attached hydrogens (tertiary/aromatic N) is 2. The molecule has 2 aromatic rings. The minimum Gasteiger partial charge on any atom is -0.451 e. The van der Waals surface area contributed by atoms with Gasteiger partial charge in [-0.1, -0.05) is 0 Å². The largest absolute Gasteiger partial charge is 0.573 e. The molecular formula is C17H18F3N3O4. The van der Waals surface area contributed by atoms with Gasteiger partial charge < -0.3 is 14.8 Å². The van der Waals surface area contributed by atoms with E-state index in [4.69, 9.17) is 4.74 Å². The lowest BCUT2D eigenvalue weighted by Gasteiger charge is -2.14. The number of aryl methyl sites for hydroxylation is 2. The number of esters is 1. The van der Waals surface area contributed by atoms with Gasteiger partial charge in [0, 0.05) is 11.4 Å². The van der Waals surface area contributed by atoms with Crippen molar-refractivity contribution < 1.29 is 32.2 Å². The van der Waals surface area contributed by atoms with Gasteiger partial charge in [0.15, 0.2) is 6.10 Å². The Morgan fingerprint density at radius 1 is 1.22 bits per heavy atom. The van der Waals surface area contributed by atoms with Gasteiger partial charge in [-0.15, -0.1) is 13.2 Å². The van der Waals surface area contributed by atoms with Gasteiger partial charge in [-0.2, -0.15) is 5.10 Å². The molecule has 1 unspecified atom stereocenters. The molecule has 0 saturated heterocycles. The minimum atomic E-state index is -4.79. The standard InChI is InChI=1S/C17H18F3N3O4/c1-10-8-11(2)23(22-10)9-15(24)26-12(3)16(25)21-13-4-6-14(7-5-13)27-17(18,19)20/h4-8,12H,9H2,1-3H3,(H,21,25). The number of aromatic nitrogens is 2. The lowest BCUT2D eigenvalue weighted by Crippen LogP contribution is -2.31. The lowest BCUT2D eigenvalue weighted by molar-refractivity contribution is -0.274. The van der Waals surface area contributed by atoms with E-state index in [0.29, 0.717) is 0 Å². The highest BCUT2D eigenvalue weighted by Gasteiger charge is 2.31. The number of hydrogen-bond acceptors (Lipinski definition) is 5. The van der Waals surface area contributed by atoms with Gasteiger partial charge in [-0.25, -0.2) is 0 Å². The molecule has 0 spiro atoms. The van der Waals surface area contributed by atoms with Crippen LogP contribution in [0.25, 0.3) is 0 Å². The van der Waals surface area contributed by atoms with Gasteiger partial charge in [-0.05, 0) is 51.1 Å². The number of alkyl halides is 3. The summed E-state index contributed by atoms with van der Waals surface area (Å²) in [7, 11) is 0. The van der Waals surface area contributed by atoms with Crippen molar-refractivity contribution in [2.45, 2.75) is 39.8 Å². The average molecular weight is 385 g/mol. The predicted molar refractivity (Wildman–Crippen MR) is 89.0 cm³/mol. The first-order chi connectivity index (χ1) is 12.5. The van der Waals surface area contributed by atoms with E-state index in [2.05, 4.69) is 15.2 Å². The molecule has 0 aliphatic rings. The van der Waals surface area contributed by atoms with Crippen LogP contribution < -0.4 is 10.1 Å². The number of halogens is 3. The summed E-state index contributed by atoms with van der Waals surface area (Å²) in [5.41, 5.74) is 1.77. The summed E-state index contributed by atoms with van der Waals surface area (Å²) in [6.45, 7) is 4.82. The third-order valence-electron chi connectivity index (χ3n) is 3.42. The number of nitrogens with one attached hydrogen (secondary N) is 1. The van der Waals surface area contributed by atoms with Crippen LogP contribution in [0.5, 0.6) is 5.75 Å². The lowest BCUT2D eigenvalue weighted by atomic mass is 10.3. The summed E-state index contributed by atoms with van der Waals surface area (Å²) in [6.07, 6.45) is -5.89. The smallest absolute Gasteiger partial charge is 0.451 e. The third-order valence-corrected chi connectivity index (χ3v) is 3.42. The molecule has 1 heterocycles. The van der Waals surface area contributed by atoms with Crippen molar-refractivity contribution in [2.75, 3.05) is 5.32 Å². The monoisotopic (exact) mass is 385 g/mol. The molecule has 1 aromatic carbocycles. The Balaban J connectivity index is 1.87. The maximum atomic E-state index is 12.1. The fourth-order valence-electron chi connectivity index (χ4n) is 2.23. The SMILES string of the molecule is Cc1cc(C)n(CC(=O)OC(C)C(=O)Nc2ccc(OC(F)(F)F)cc2)n1. The molecule has 0 aliphatic heterocycles. The van der Waals surface area contributed by atoms with Crippen molar-refractivity contribution in [2.24, 2.45) is 0 Å². The summed E-state index contributed by atoms with van der Waals surface area (Å²) < 4.78 is 46.6. The number of rotatable bonds is 6. The second-order valence-electron chi connectivity index (χ2n) is 5.78.